The monoisotopic (exact) mass is 457 g/mol. The minimum absolute atomic E-state index is 0.00759. The molecule has 0 aromatic heterocycles. The summed E-state index contributed by atoms with van der Waals surface area (Å²) in [5.74, 6) is -0.397. The molecule has 1 aliphatic heterocycles. The Morgan fingerprint density at radius 2 is 1.65 bits per heavy atom. The van der Waals surface area contributed by atoms with Gasteiger partial charge in [-0.1, -0.05) is 18.2 Å². The quantitative estimate of drug-likeness (QED) is 0.508. The van der Waals surface area contributed by atoms with Crippen molar-refractivity contribution in [3.63, 3.8) is 0 Å². The number of nitrogens with zero attached hydrogens (tertiary/aromatic N) is 3. The summed E-state index contributed by atoms with van der Waals surface area (Å²) in [6, 6.07) is 9.02. The topological polar surface area (TPSA) is 101 Å². The molecule has 31 heavy (non-hydrogen) atoms. The number of amides is 1. The zero-order valence-corrected chi connectivity index (χ0v) is 16.9. The van der Waals surface area contributed by atoms with Crippen LogP contribution in [0.5, 0.6) is 0 Å². The SMILES string of the molecule is O=C(Cc1cccc(C(F)(F)F)c1)N1CCN(S(=O)(=O)c2ccc([N+](=O)[O-])cc2)CC1. The van der Waals surface area contributed by atoms with Crippen molar-refractivity contribution < 1.29 is 31.3 Å². The third kappa shape index (κ3) is 5.20. The van der Waals surface area contributed by atoms with Crippen molar-refractivity contribution in [3.05, 3.63) is 69.8 Å². The summed E-state index contributed by atoms with van der Waals surface area (Å²) in [4.78, 5) is 23.9. The first kappa shape index (κ1) is 22.7. The van der Waals surface area contributed by atoms with Crippen molar-refractivity contribution >= 4 is 21.6 Å². The van der Waals surface area contributed by atoms with Gasteiger partial charge in [0, 0.05) is 38.3 Å². The lowest BCUT2D eigenvalue weighted by Gasteiger charge is -2.34. The van der Waals surface area contributed by atoms with Crippen molar-refractivity contribution in [2.45, 2.75) is 17.5 Å². The molecule has 1 heterocycles. The van der Waals surface area contributed by atoms with Crippen LogP contribution in [0, 0.1) is 10.1 Å². The van der Waals surface area contributed by atoms with Crippen molar-refractivity contribution in [3.8, 4) is 0 Å². The van der Waals surface area contributed by atoms with E-state index in [1.54, 1.807) is 0 Å². The van der Waals surface area contributed by atoms with Crippen LogP contribution in [-0.4, -0.2) is 54.6 Å². The second-order valence-electron chi connectivity index (χ2n) is 6.91. The van der Waals surface area contributed by atoms with Gasteiger partial charge < -0.3 is 4.90 Å². The number of nitro benzene ring substituents is 1. The molecule has 0 atom stereocenters. The van der Waals surface area contributed by atoms with E-state index in [0.29, 0.717) is 0 Å². The molecule has 8 nitrogen and oxygen atoms in total. The maximum absolute atomic E-state index is 12.8. The Morgan fingerprint density at radius 1 is 1.03 bits per heavy atom. The minimum atomic E-state index is -4.50. The van der Waals surface area contributed by atoms with Gasteiger partial charge in [-0.15, -0.1) is 0 Å². The molecule has 1 aliphatic rings. The molecule has 0 aliphatic carbocycles. The molecule has 12 heteroatoms. The van der Waals surface area contributed by atoms with E-state index in [4.69, 9.17) is 0 Å². The second-order valence-corrected chi connectivity index (χ2v) is 8.85. The number of carbonyl (C=O) groups is 1. The molecule has 0 spiro atoms. The van der Waals surface area contributed by atoms with Crippen LogP contribution in [0.2, 0.25) is 0 Å². The Balaban J connectivity index is 1.62. The number of halogens is 3. The minimum Gasteiger partial charge on any atom is -0.340 e. The molecule has 0 bridgehead atoms. The molecule has 2 aromatic rings. The van der Waals surface area contributed by atoms with Crippen LogP contribution in [0.1, 0.15) is 11.1 Å². The van der Waals surface area contributed by atoms with E-state index in [9.17, 15) is 36.5 Å². The average molecular weight is 457 g/mol. The fourth-order valence-electron chi connectivity index (χ4n) is 3.21. The molecule has 0 unspecified atom stereocenters. The van der Waals surface area contributed by atoms with Gasteiger partial charge in [0.25, 0.3) is 5.69 Å². The highest BCUT2D eigenvalue weighted by molar-refractivity contribution is 7.89. The summed E-state index contributed by atoms with van der Waals surface area (Å²) >= 11 is 0. The van der Waals surface area contributed by atoms with Crippen LogP contribution in [0.3, 0.4) is 0 Å². The lowest BCUT2D eigenvalue weighted by Crippen LogP contribution is -2.50. The Hall–Kier alpha value is -2.99. The number of benzene rings is 2. The average Bonchev–Trinajstić information content (AvgIpc) is 2.73. The number of nitro groups is 1. The van der Waals surface area contributed by atoms with E-state index in [0.717, 1.165) is 36.4 Å². The molecule has 1 fully saturated rings. The fraction of sp³-hybridized carbons (Fsp3) is 0.316. The maximum atomic E-state index is 12.8. The Kier molecular flexibility index (Phi) is 6.32. The van der Waals surface area contributed by atoms with Gasteiger partial charge in [0.1, 0.15) is 0 Å². The number of rotatable bonds is 5. The van der Waals surface area contributed by atoms with Gasteiger partial charge in [-0.05, 0) is 23.8 Å². The van der Waals surface area contributed by atoms with Gasteiger partial charge in [0.05, 0.1) is 21.8 Å². The predicted octanol–water partition coefficient (Wildman–Crippen LogP) is 2.69. The van der Waals surface area contributed by atoms with Gasteiger partial charge in [-0.25, -0.2) is 8.42 Å². The lowest BCUT2D eigenvalue weighted by molar-refractivity contribution is -0.384. The first-order chi connectivity index (χ1) is 14.5. The molecule has 1 saturated heterocycles. The summed E-state index contributed by atoms with van der Waals surface area (Å²) in [6.07, 6.45) is -4.73. The standard InChI is InChI=1S/C19H18F3N3O5S/c20-19(21,22)15-3-1-2-14(12-15)13-18(26)23-8-10-24(11-9-23)31(29,30)17-6-4-16(5-7-17)25(27)28/h1-7,12H,8-11,13H2. The Bertz CT molecular complexity index is 1080. The number of hydrogen-bond donors (Lipinski definition) is 0. The summed E-state index contributed by atoms with van der Waals surface area (Å²) < 4.78 is 65.1. The largest absolute Gasteiger partial charge is 0.416 e. The highest BCUT2D eigenvalue weighted by atomic mass is 32.2. The molecule has 1 amide bonds. The van der Waals surface area contributed by atoms with Gasteiger partial charge in [-0.2, -0.15) is 17.5 Å². The van der Waals surface area contributed by atoms with Crippen LogP contribution in [0.15, 0.2) is 53.4 Å². The molecule has 0 saturated carbocycles. The highest BCUT2D eigenvalue weighted by Crippen LogP contribution is 2.29. The Labute approximate surface area is 176 Å². The first-order valence-electron chi connectivity index (χ1n) is 9.17. The van der Waals surface area contributed by atoms with Crippen LogP contribution in [0.4, 0.5) is 18.9 Å². The smallest absolute Gasteiger partial charge is 0.340 e. The van der Waals surface area contributed by atoms with Crippen molar-refractivity contribution in [2.75, 3.05) is 26.2 Å². The van der Waals surface area contributed by atoms with Crippen LogP contribution in [0.25, 0.3) is 0 Å². The van der Waals surface area contributed by atoms with E-state index in [1.165, 1.54) is 21.3 Å². The lowest BCUT2D eigenvalue weighted by atomic mass is 10.1. The fourth-order valence-corrected chi connectivity index (χ4v) is 4.63. The maximum Gasteiger partial charge on any atom is 0.416 e. The van der Waals surface area contributed by atoms with Crippen molar-refractivity contribution in [1.82, 2.24) is 9.21 Å². The number of carbonyl (C=O) groups excluding carboxylic acids is 1. The van der Waals surface area contributed by atoms with Crippen LogP contribution in [-0.2, 0) is 27.4 Å². The molecule has 3 rings (SSSR count). The summed E-state index contributed by atoms with van der Waals surface area (Å²) in [6.45, 7) is 0.190. The van der Waals surface area contributed by atoms with Gasteiger partial charge in [0.2, 0.25) is 15.9 Å². The molecule has 0 N–H and O–H groups in total. The molecule has 2 aromatic carbocycles. The van der Waals surface area contributed by atoms with Crippen molar-refractivity contribution in [2.24, 2.45) is 0 Å². The van der Waals surface area contributed by atoms with Gasteiger partial charge in [-0.3, -0.25) is 14.9 Å². The number of piperazine rings is 1. The summed E-state index contributed by atoms with van der Waals surface area (Å²) in [5.41, 5.74) is -0.846. The molecular weight excluding hydrogens is 439 g/mol. The normalized spacial score (nSPS) is 15.6. The second kappa shape index (κ2) is 8.63. The molecule has 166 valence electrons. The van der Waals surface area contributed by atoms with Crippen LogP contribution >= 0.6 is 0 Å². The van der Waals surface area contributed by atoms with E-state index < -0.39 is 32.6 Å². The third-order valence-electron chi connectivity index (χ3n) is 4.89. The molecular formula is C19H18F3N3O5S. The number of non-ortho nitro benzene ring substituents is 1. The highest BCUT2D eigenvalue weighted by Gasteiger charge is 2.32. The van der Waals surface area contributed by atoms with Crippen molar-refractivity contribution in [1.29, 1.82) is 0 Å². The number of alkyl halides is 3. The number of hydrogen-bond acceptors (Lipinski definition) is 5. The van der Waals surface area contributed by atoms with Gasteiger partial charge in [0.15, 0.2) is 0 Å². The van der Waals surface area contributed by atoms with E-state index >= 15 is 0 Å². The van der Waals surface area contributed by atoms with Gasteiger partial charge >= 0.3 is 6.18 Å². The third-order valence-corrected chi connectivity index (χ3v) is 6.80. The predicted molar refractivity (Wildman–Crippen MR) is 104 cm³/mol. The zero-order chi connectivity index (χ0) is 22.8. The van der Waals surface area contributed by atoms with Crippen LogP contribution < -0.4 is 0 Å². The first-order valence-corrected chi connectivity index (χ1v) is 10.6. The van der Waals surface area contributed by atoms with E-state index in [-0.39, 0.29) is 48.7 Å². The molecule has 0 radical (unpaired) electrons. The van der Waals surface area contributed by atoms with E-state index in [1.807, 2.05) is 0 Å². The number of sulfonamides is 1. The summed E-state index contributed by atoms with van der Waals surface area (Å²) in [5, 5.41) is 10.7. The zero-order valence-electron chi connectivity index (χ0n) is 16.1. The van der Waals surface area contributed by atoms with E-state index in [2.05, 4.69) is 0 Å². The summed E-state index contributed by atoms with van der Waals surface area (Å²) in [7, 11) is -3.89. The Morgan fingerprint density at radius 3 is 2.19 bits per heavy atom.